The molecule has 0 unspecified atom stereocenters. The summed E-state index contributed by atoms with van der Waals surface area (Å²) in [5, 5.41) is 7.37. The molecule has 3 aromatic rings. The maximum atomic E-state index is 6.35. The molecule has 1 N–H and O–H groups in total. The number of nitrogens with one attached hydrogen (secondary N) is 1. The Morgan fingerprint density at radius 2 is 1.84 bits per heavy atom. The first-order chi connectivity index (χ1) is 12.2. The molecule has 0 amide bonds. The van der Waals surface area contributed by atoms with E-state index in [-0.39, 0.29) is 0 Å². The van der Waals surface area contributed by atoms with Crippen LogP contribution in [0.15, 0.2) is 66.7 Å². The second-order valence-corrected chi connectivity index (χ2v) is 7.67. The molecule has 25 heavy (non-hydrogen) atoms. The van der Waals surface area contributed by atoms with Gasteiger partial charge in [-0.05, 0) is 58.9 Å². The van der Waals surface area contributed by atoms with Crippen LogP contribution in [0.5, 0.6) is 0 Å². The van der Waals surface area contributed by atoms with E-state index in [0.717, 1.165) is 11.4 Å². The van der Waals surface area contributed by atoms with Crippen molar-refractivity contribution in [2.45, 2.75) is 25.3 Å². The van der Waals surface area contributed by atoms with Crippen LogP contribution in [0.3, 0.4) is 0 Å². The SMILES string of the molecule is Cc1cc(Cl)cc2c1N[C@H](c1cccc3ccccc13)[C@@H]1CC=C[C@H]21. The number of allylic oxidation sites excluding steroid dienone is 2. The van der Waals surface area contributed by atoms with Gasteiger partial charge in [0.05, 0.1) is 6.04 Å². The Labute approximate surface area is 153 Å². The van der Waals surface area contributed by atoms with E-state index in [9.17, 15) is 0 Å². The van der Waals surface area contributed by atoms with Crippen molar-refractivity contribution in [1.82, 2.24) is 0 Å². The smallest absolute Gasteiger partial charge is 0.0560 e. The number of halogens is 1. The summed E-state index contributed by atoms with van der Waals surface area (Å²) in [6.07, 6.45) is 5.81. The monoisotopic (exact) mass is 345 g/mol. The van der Waals surface area contributed by atoms with Gasteiger partial charge in [-0.25, -0.2) is 0 Å². The van der Waals surface area contributed by atoms with Crippen molar-refractivity contribution in [2.24, 2.45) is 5.92 Å². The molecule has 1 heterocycles. The maximum absolute atomic E-state index is 6.35. The molecule has 0 saturated carbocycles. The lowest BCUT2D eigenvalue weighted by Crippen LogP contribution is -2.29. The molecule has 1 nitrogen and oxygen atoms in total. The third-order valence-electron chi connectivity index (χ3n) is 5.79. The Balaban J connectivity index is 1.70. The summed E-state index contributed by atoms with van der Waals surface area (Å²) in [6, 6.07) is 19.9. The van der Waals surface area contributed by atoms with E-state index in [1.54, 1.807) is 0 Å². The van der Waals surface area contributed by atoms with Crippen LogP contribution in [0, 0.1) is 12.8 Å². The molecule has 0 radical (unpaired) electrons. The topological polar surface area (TPSA) is 12.0 Å². The van der Waals surface area contributed by atoms with Gasteiger partial charge in [0.1, 0.15) is 0 Å². The van der Waals surface area contributed by atoms with Crippen LogP contribution in [0.4, 0.5) is 5.69 Å². The van der Waals surface area contributed by atoms with E-state index in [2.05, 4.69) is 79.0 Å². The van der Waals surface area contributed by atoms with Crippen molar-refractivity contribution in [2.75, 3.05) is 5.32 Å². The second kappa shape index (κ2) is 5.64. The number of benzene rings is 3. The molecule has 2 heteroatoms. The van der Waals surface area contributed by atoms with E-state index in [1.165, 1.54) is 33.2 Å². The molecule has 2 aliphatic rings. The van der Waals surface area contributed by atoms with Crippen molar-refractivity contribution in [1.29, 1.82) is 0 Å². The fraction of sp³-hybridized carbons (Fsp3) is 0.217. The third-order valence-corrected chi connectivity index (χ3v) is 6.01. The van der Waals surface area contributed by atoms with Gasteiger partial charge in [0.15, 0.2) is 0 Å². The Bertz CT molecular complexity index is 999. The van der Waals surface area contributed by atoms with Crippen LogP contribution in [0.1, 0.15) is 35.1 Å². The molecule has 0 aromatic heterocycles. The molecule has 0 bridgehead atoms. The number of aryl methyl sites for hydroxylation is 1. The van der Waals surface area contributed by atoms with E-state index >= 15 is 0 Å². The lowest BCUT2D eigenvalue weighted by Gasteiger charge is -2.39. The number of hydrogen-bond acceptors (Lipinski definition) is 1. The summed E-state index contributed by atoms with van der Waals surface area (Å²) in [4.78, 5) is 0. The molecule has 124 valence electrons. The number of anilines is 1. The Morgan fingerprint density at radius 1 is 1.00 bits per heavy atom. The molecule has 1 aliphatic heterocycles. The van der Waals surface area contributed by atoms with Gasteiger partial charge in [-0.1, -0.05) is 66.2 Å². The van der Waals surface area contributed by atoms with Crippen LogP contribution in [0.25, 0.3) is 10.8 Å². The molecule has 3 atom stereocenters. The highest BCUT2D eigenvalue weighted by atomic mass is 35.5. The quantitative estimate of drug-likeness (QED) is 0.488. The maximum Gasteiger partial charge on any atom is 0.0560 e. The van der Waals surface area contributed by atoms with E-state index < -0.39 is 0 Å². The van der Waals surface area contributed by atoms with Crippen molar-refractivity contribution in [3.63, 3.8) is 0 Å². The van der Waals surface area contributed by atoms with Crippen LogP contribution >= 0.6 is 11.6 Å². The van der Waals surface area contributed by atoms with Crippen LogP contribution < -0.4 is 5.32 Å². The van der Waals surface area contributed by atoms with Gasteiger partial charge >= 0.3 is 0 Å². The zero-order valence-electron chi connectivity index (χ0n) is 14.2. The molecule has 5 rings (SSSR count). The van der Waals surface area contributed by atoms with Crippen LogP contribution in [0.2, 0.25) is 5.02 Å². The second-order valence-electron chi connectivity index (χ2n) is 7.23. The van der Waals surface area contributed by atoms with E-state index in [1.807, 2.05) is 0 Å². The average Bonchev–Trinajstić information content (AvgIpc) is 3.11. The van der Waals surface area contributed by atoms with Gasteiger partial charge in [-0.2, -0.15) is 0 Å². The first-order valence-corrected chi connectivity index (χ1v) is 9.31. The van der Waals surface area contributed by atoms with Crippen molar-refractivity contribution < 1.29 is 0 Å². The predicted octanol–water partition coefficient (Wildman–Crippen LogP) is 6.63. The van der Waals surface area contributed by atoms with Crippen molar-refractivity contribution in [3.8, 4) is 0 Å². The predicted molar refractivity (Wildman–Crippen MR) is 106 cm³/mol. The Morgan fingerprint density at radius 3 is 2.76 bits per heavy atom. The zero-order valence-corrected chi connectivity index (χ0v) is 14.9. The molecule has 0 spiro atoms. The number of hydrogen-bond donors (Lipinski definition) is 1. The highest BCUT2D eigenvalue weighted by Gasteiger charge is 2.39. The lowest BCUT2D eigenvalue weighted by atomic mass is 9.75. The minimum atomic E-state index is 0.318. The minimum Gasteiger partial charge on any atom is -0.377 e. The summed E-state index contributed by atoms with van der Waals surface area (Å²) >= 11 is 6.35. The summed E-state index contributed by atoms with van der Waals surface area (Å²) < 4.78 is 0. The van der Waals surface area contributed by atoms with Gasteiger partial charge in [-0.15, -0.1) is 0 Å². The van der Waals surface area contributed by atoms with Gasteiger partial charge in [0, 0.05) is 16.6 Å². The minimum absolute atomic E-state index is 0.318. The summed E-state index contributed by atoms with van der Waals surface area (Å²) in [5.41, 5.74) is 5.23. The normalized spacial score (nSPS) is 24.0. The van der Waals surface area contributed by atoms with Crippen molar-refractivity contribution >= 4 is 28.1 Å². The van der Waals surface area contributed by atoms with Gasteiger partial charge in [0.2, 0.25) is 0 Å². The van der Waals surface area contributed by atoms with Gasteiger partial charge < -0.3 is 5.32 Å². The highest BCUT2D eigenvalue weighted by Crippen LogP contribution is 2.52. The molecular weight excluding hydrogens is 326 g/mol. The fourth-order valence-electron chi connectivity index (χ4n) is 4.67. The lowest BCUT2D eigenvalue weighted by molar-refractivity contribution is 0.427. The molecule has 1 aliphatic carbocycles. The Kier molecular flexibility index (Phi) is 3.39. The highest BCUT2D eigenvalue weighted by molar-refractivity contribution is 6.30. The fourth-order valence-corrected chi connectivity index (χ4v) is 4.95. The largest absolute Gasteiger partial charge is 0.377 e. The number of fused-ring (bicyclic) bond motifs is 4. The van der Waals surface area contributed by atoms with E-state index in [0.29, 0.717) is 17.9 Å². The average molecular weight is 346 g/mol. The van der Waals surface area contributed by atoms with E-state index in [4.69, 9.17) is 11.6 Å². The standard InChI is InChI=1S/C23H20ClN/c1-14-12-16(24)13-21-18-9-5-11-20(18)23(25-22(14)21)19-10-4-7-15-6-2-3-8-17(15)19/h2-10,12-13,18,20,23,25H,11H2,1H3/t18-,20+,23+/m0/s1. The molecule has 3 aromatic carbocycles. The third kappa shape index (κ3) is 2.30. The first kappa shape index (κ1) is 15.0. The summed E-state index contributed by atoms with van der Waals surface area (Å²) in [5.74, 6) is 0.980. The summed E-state index contributed by atoms with van der Waals surface area (Å²) in [6.45, 7) is 2.15. The first-order valence-electron chi connectivity index (χ1n) is 8.93. The van der Waals surface area contributed by atoms with Crippen LogP contribution in [-0.4, -0.2) is 0 Å². The molecule has 0 fully saturated rings. The van der Waals surface area contributed by atoms with Gasteiger partial charge in [0.25, 0.3) is 0 Å². The number of rotatable bonds is 1. The Hall–Kier alpha value is -2.25. The van der Waals surface area contributed by atoms with Crippen molar-refractivity contribution in [3.05, 3.63) is 88.5 Å². The molecular formula is C23H20ClN. The molecule has 0 saturated heterocycles. The van der Waals surface area contributed by atoms with Crippen LogP contribution in [-0.2, 0) is 0 Å². The zero-order chi connectivity index (χ0) is 17.0. The van der Waals surface area contributed by atoms with Gasteiger partial charge in [-0.3, -0.25) is 0 Å². The summed E-state index contributed by atoms with van der Waals surface area (Å²) in [7, 11) is 0.